The Morgan fingerprint density at radius 2 is 2.06 bits per heavy atom. The van der Waals surface area contributed by atoms with Gasteiger partial charge in [-0.1, -0.05) is 0 Å². The number of nitrogens with two attached hydrogens (primary N) is 1. The number of nitrogens with zero attached hydrogens (tertiary/aromatic N) is 4. The summed E-state index contributed by atoms with van der Waals surface area (Å²) >= 11 is 0. The van der Waals surface area contributed by atoms with Crippen molar-refractivity contribution in [2.75, 3.05) is 44.4 Å². The number of aromatic nitrogens is 1. The van der Waals surface area contributed by atoms with E-state index in [1.165, 1.54) is 12.1 Å². The summed E-state index contributed by atoms with van der Waals surface area (Å²) in [5, 5.41) is 12.7. The first-order valence-electron chi connectivity index (χ1n) is 5.67. The zero-order chi connectivity index (χ0) is 13.1. The Morgan fingerprint density at radius 1 is 1.39 bits per heavy atom. The minimum absolute atomic E-state index is 0.0564. The van der Waals surface area contributed by atoms with Crippen LogP contribution in [0.15, 0.2) is 12.1 Å². The van der Waals surface area contributed by atoms with E-state index < -0.39 is 4.92 Å². The van der Waals surface area contributed by atoms with Gasteiger partial charge in [-0.2, -0.15) is 0 Å². The minimum Gasteiger partial charge on any atom is -0.383 e. The average Bonchev–Trinajstić information content (AvgIpc) is 2.31. The lowest BCUT2D eigenvalue weighted by molar-refractivity contribution is -0.384. The third-order valence-corrected chi connectivity index (χ3v) is 2.82. The Labute approximate surface area is 105 Å². The highest BCUT2D eigenvalue weighted by Crippen LogP contribution is 2.19. The number of nitro groups is 1. The number of hydrogen-bond acceptors (Lipinski definition) is 7. The smallest absolute Gasteiger partial charge is 0.276 e. The van der Waals surface area contributed by atoms with Gasteiger partial charge in [0, 0.05) is 26.2 Å². The summed E-state index contributed by atoms with van der Waals surface area (Å²) in [6.07, 6.45) is 0. The highest BCUT2D eigenvalue weighted by Gasteiger charge is 2.16. The Bertz CT molecular complexity index is 444. The van der Waals surface area contributed by atoms with Crippen molar-refractivity contribution in [1.82, 2.24) is 14.9 Å². The van der Waals surface area contributed by atoms with Gasteiger partial charge in [-0.05, 0) is 7.05 Å². The van der Waals surface area contributed by atoms with Crippen molar-refractivity contribution in [1.29, 1.82) is 0 Å². The van der Waals surface area contributed by atoms with Crippen molar-refractivity contribution in [3.05, 3.63) is 22.2 Å². The molecule has 98 valence electrons. The first kappa shape index (κ1) is 12.5. The molecular weight excluding hydrogens is 236 g/mol. The molecule has 0 spiro atoms. The largest absolute Gasteiger partial charge is 0.383 e. The zero-order valence-electron chi connectivity index (χ0n) is 10.2. The summed E-state index contributed by atoms with van der Waals surface area (Å²) < 4.78 is 0. The van der Waals surface area contributed by atoms with Crippen LogP contribution in [0.4, 0.5) is 17.3 Å². The van der Waals surface area contributed by atoms with E-state index in [9.17, 15) is 10.1 Å². The average molecular weight is 252 g/mol. The number of nitrogen functional groups attached to an aromatic ring is 1. The number of piperazine rings is 1. The SMILES string of the molecule is CN1CCN(Nc2cc([N+](=O)[O-])cc(N)n2)CC1. The van der Waals surface area contributed by atoms with Crippen LogP contribution in [0.1, 0.15) is 0 Å². The predicted octanol–water partition coefficient (Wildman–Crippen LogP) is 0.146. The molecular formula is C10H16N6O2. The molecule has 0 amide bonds. The maximum atomic E-state index is 10.7. The van der Waals surface area contributed by atoms with Crippen LogP contribution in [0, 0.1) is 10.1 Å². The molecule has 2 heterocycles. The minimum atomic E-state index is -0.479. The molecule has 8 nitrogen and oxygen atoms in total. The zero-order valence-corrected chi connectivity index (χ0v) is 10.2. The van der Waals surface area contributed by atoms with Crippen molar-refractivity contribution in [2.24, 2.45) is 0 Å². The molecule has 2 rings (SSSR count). The van der Waals surface area contributed by atoms with Crippen LogP contribution >= 0.6 is 0 Å². The van der Waals surface area contributed by atoms with Gasteiger partial charge in [0.1, 0.15) is 11.6 Å². The van der Waals surface area contributed by atoms with Crippen molar-refractivity contribution < 1.29 is 4.92 Å². The molecule has 1 aromatic heterocycles. The lowest BCUT2D eigenvalue weighted by Crippen LogP contribution is -2.47. The van der Waals surface area contributed by atoms with Gasteiger partial charge in [0.15, 0.2) is 0 Å². The van der Waals surface area contributed by atoms with Gasteiger partial charge in [0.05, 0.1) is 17.1 Å². The van der Waals surface area contributed by atoms with Gasteiger partial charge in [0.2, 0.25) is 0 Å². The fourth-order valence-electron chi connectivity index (χ4n) is 1.78. The maximum absolute atomic E-state index is 10.7. The van der Waals surface area contributed by atoms with Crippen LogP contribution in [0.3, 0.4) is 0 Å². The number of likely N-dealkylation sites (N-methyl/N-ethyl adjacent to an activating group) is 1. The summed E-state index contributed by atoms with van der Waals surface area (Å²) in [5.74, 6) is 0.548. The summed E-state index contributed by atoms with van der Waals surface area (Å²) in [4.78, 5) is 16.5. The fourth-order valence-corrected chi connectivity index (χ4v) is 1.78. The molecule has 1 aliphatic rings. The number of anilines is 2. The molecule has 1 aliphatic heterocycles. The highest BCUT2D eigenvalue weighted by atomic mass is 16.6. The van der Waals surface area contributed by atoms with Crippen LogP contribution < -0.4 is 11.2 Å². The monoisotopic (exact) mass is 252 g/mol. The van der Waals surface area contributed by atoms with Crippen LogP contribution in [0.2, 0.25) is 0 Å². The Morgan fingerprint density at radius 3 is 2.67 bits per heavy atom. The first-order valence-corrected chi connectivity index (χ1v) is 5.67. The first-order chi connectivity index (χ1) is 8.54. The molecule has 0 unspecified atom stereocenters. The predicted molar refractivity (Wildman–Crippen MR) is 68.0 cm³/mol. The van der Waals surface area contributed by atoms with Crippen molar-refractivity contribution in [3.8, 4) is 0 Å². The van der Waals surface area contributed by atoms with E-state index in [1.54, 1.807) is 0 Å². The van der Waals surface area contributed by atoms with Gasteiger partial charge in [0.25, 0.3) is 5.69 Å². The Kier molecular flexibility index (Phi) is 3.58. The third kappa shape index (κ3) is 3.05. The molecule has 0 aliphatic carbocycles. The van der Waals surface area contributed by atoms with Gasteiger partial charge in [-0.25, -0.2) is 9.99 Å². The van der Waals surface area contributed by atoms with Crippen LogP contribution in [-0.4, -0.2) is 53.0 Å². The Hall–Kier alpha value is -1.93. The van der Waals surface area contributed by atoms with E-state index in [-0.39, 0.29) is 11.5 Å². The number of nitrogens with one attached hydrogen (secondary N) is 1. The highest BCUT2D eigenvalue weighted by molar-refractivity contribution is 5.52. The summed E-state index contributed by atoms with van der Waals surface area (Å²) in [6, 6.07) is 2.63. The molecule has 18 heavy (non-hydrogen) atoms. The molecule has 0 atom stereocenters. The van der Waals surface area contributed by atoms with E-state index in [0.717, 1.165) is 26.2 Å². The second kappa shape index (κ2) is 5.15. The number of rotatable bonds is 3. The molecule has 1 saturated heterocycles. The second-order valence-corrected chi connectivity index (χ2v) is 4.29. The van der Waals surface area contributed by atoms with E-state index >= 15 is 0 Å². The molecule has 0 aromatic carbocycles. The van der Waals surface area contributed by atoms with Gasteiger partial charge in [-0.15, -0.1) is 0 Å². The molecule has 0 bridgehead atoms. The summed E-state index contributed by atoms with van der Waals surface area (Å²) in [5.41, 5.74) is 8.53. The quantitative estimate of drug-likeness (QED) is 0.583. The number of hydrogen-bond donors (Lipinski definition) is 2. The number of hydrazine groups is 1. The second-order valence-electron chi connectivity index (χ2n) is 4.29. The molecule has 8 heteroatoms. The van der Waals surface area contributed by atoms with Gasteiger partial charge < -0.3 is 16.1 Å². The van der Waals surface area contributed by atoms with E-state index in [1.807, 2.05) is 5.01 Å². The lowest BCUT2D eigenvalue weighted by atomic mass is 10.3. The van der Waals surface area contributed by atoms with Crippen LogP contribution in [-0.2, 0) is 0 Å². The standard InChI is InChI=1S/C10H16N6O2/c1-14-2-4-15(5-3-14)13-10-7-8(16(17)18)6-9(11)12-10/h6-7H,2-5H2,1H3,(H3,11,12,13). The third-order valence-electron chi connectivity index (χ3n) is 2.82. The molecule has 0 saturated carbocycles. The van der Waals surface area contributed by atoms with E-state index in [0.29, 0.717) is 5.82 Å². The van der Waals surface area contributed by atoms with Crippen molar-refractivity contribution in [3.63, 3.8) is 0 Å². The van der Waals surface area contributed by atoms with Crippen LogP contribution in [0.25, 0.3) is 0 Å². The molecule has 0 radical (unpaired) electrons. The summed E-state index contributed by atoms with van der Waals surface area (Å²) in [6.45, 7) is 3.55. The normalized spacial score (nSPS) is 17.6. The van der Waals surface area contributed by atoms with Crippen molar-refractivity contribution >= 4 is 17.3 Å². The van der Waals surface area contributed by atoms with Gasteiger partial charge in [-0.3, -0.25) is 10.1 Å². The molecule has 3 N–H and O–H groups in total. The van der Waals surface area contributed by atoms with Crippen LogP contribution in [0.5, 0.6) is 0 Å². The molecule has 1 aromatic rings. The Balaban J connectivity index is 2.07. The van der Waals surface area contributed by atoms with E-state index in [2.05, 4.69) is 22.4 Å². The van der Waals surface area contributed by atoms with E-state index in [4.69, 9.17) is 5.73 Å². The van der Waals surface area contributed by atoms with Gasteiger partial charge >= 0.3 is 0 Å². The summed E-state index contributed by atoms with van der Waals surface area (Å²) in [7, 11) is 2.06. The van der Waals surface area contributed by atoms with Crippen molar-refractivity contribution in [2.45, 2.75) is 0 Å². The molecule has 1 fully saturated rings. The number of pyridine rings is 1. The lowest BCUT2D eigenvalue weighted by Gasteiger charge is -2.32. The fraction of sp³-hybridized carbons (Fsp3) is 0.500. The maximum Gasteiger partial charge on any atom is 0.276 e. The topological polar surface area (TPSA) is 101 Å².